The quantitative estimate of drug-likeness (QED) is 0.449. The van der Waals surface area contributed by atoms with Crippen molar-refractivity contribution in [3.63, 3.8) is 0 Å². The van der Waals surface area contributed by atoms with E-state index in [4.69, 9.17) is 14.2 Å². The number of rotatable bonds is 6. The second kappa shape index (κ2) is 8.71. The van der Waals surface area contributed by atoms with E-state index < -0.39 is 18.4 Å². The molecule has 0 N–H and O–H groups in total. The third-order valence-corrected chi connectivity index (χ3v) is 4.85. The third-order valence-electron chi connectivity index (χ3n) is 4.85. The van der Waals surface area contributed by atoms with Gasteiger partial charge in [-0.15, -0.1) is 0 Å². The lowest BCUT2D eigenvalue weighted by Gasteiger charge is -2.18. The van der Waals surface area contributed by atoms with E-state index in [1.165, 1.54) is 11.0 Å². The van der Waals surface area contributed by atoms with Gasteiger partial charge in [0.05, 0.1) is 11.1 Å². The highest BCUT2D eigenvalue weighted by atomic mass is 16.7. The molecule has 0 saturated heterocycles. The summed E-state index contributed by atoms with van der Waals surface area (Å²) in [5.41, 5.74) is 1.31. The van der Waals surface area contributed by atoms with Crippen molar-refractivity contribution in [1.29, 1.82) is 0 Å². The predicted octanol–water partition coefficient (Wildman–Crippen LogP) is 3.73. The van der Waals surface area contributed by atoms with Crippen molar-refractivity contribution >= 4 is 23.3 Å². The van der Waals surface area contributed by atoms with E-state index in [9.17, 15) is 14.4 Å². The molecular formula is C24H19NO6. The van der Waals surface area contributed by atoms with E-state index in [0.29, 0.717) is 22.7 Å². The summed E-state index contributed by atoms with van der Waals surface area (Å²) in [6.45, 7) is -0.361. The number of hydrogen-bond acceptors (Lipinski definition) is 6. The van der Waals surface area contributed by atoms with Gasteiger partial charge in [-0.2, -0.15) is 0 Å². The smallest absolute Gasteiger partial charge is 0.339 e. The molecule has 3 aromatic carbocycles. The second-order valence-electron chi connectivity index (χ2n) is 6.81. The molecule has 0 aliphatic carbocycles. The van der Waals surface area contributed by atoms with Crippen LogP contribution in [0.15, 0.2) is 72.8 Å². The van der Waals surface area contributed by atoms with Crippen molar-refractivity contribution in [2.45, 2.75) is 0 Å². The van der Waals surface area contributed by atoms with Gasteiger partial charge in [-0.3, -0.25) is 9.59 Å². The molecule has 0 fully saturated rings. The van der Waals surface area contributed by atoms with Gasteiger partial charge >= 0.3 is 5.97 Å². The number of Topliss-reactive ketones (excluding diaryl/α,β-unsaturated/α-hetero) is 1. The van der Waals surface area contributed by atoms with Crippen molar-refractivity contribution < 1.29 is 28.6 Å². The van der Waals surface area contributed by atoms with E-state index in [1.54, 1.807) is 55.6 Å². The highest BCUT2D eigenvalue weighted by Crippen LogP contribution is 2.32. The number of para-hydroxylation sites is 1. The molecule has 0 saturated carbocycles. The maximum atomic E-state index is 13.0. The summed E-state index contributed by atoms with van der Waals surface area (Å²) in [6, 6.07) is 20.2. The normalized spacial score (nSPS) is 11.6. The Hall–Kier alpha value is -4.13. The fourth-order valence-electron chi connectivity index (χ4n) is 3.16. The zero-order chi connectivity index (χ0) is 21.8. The van der Waals surface area contributed by atoms with Crippen LogP contribution in [0, 0.1) is 0 Å². The van der Waals surface area contributed by atoms with E-state index >= 15 is 0 Å². The molecule has 7 heteroatoms. The van der Waals surface area contributed by atoms with Gasteiger partial charge in [-0.05, 0) is 42.5 Å². The number of nitrogens with zero attached hydrogens (tertiary/aromatic N) is 1. The Morgan fingerprint density at radius 3 is 2.32 bits per heavy atom. The van der Waals surface area contributed by atoms with E-state index in [-0.39, 0.29) is 23.8 Å². The van der Waals surface area contributed by atoms with Gasteiger partial charge in [-0.25, -0.2) is 4.79 Å². The van der Waals surface area contributed by atoms with Crippen LogP contribution in [0.1, 0.15) is 31.1 Å². The summed E-state index contributed by atoms with van der Waals surface area (Å²) in [7, 11) is 1.63. The third kappa shape index (κ3) is 4.25. The Balaban J connectivity index is 1.47. The van der Waals surface area contributed by atoms with Crippen LogP contribution in [-0.4, -0.2) is 38.1 Å². The molecule has 0 bridgehead atoms. The van der Waals surface area contributed by atoms with Gasteiger partial charge in [0.15, 0.2) is 23.9 Å². The van der Waals surface area contributed by atoms with Crippen LogP contribution < -0.4 is 14.4 Å². The molecule has 0 atom stereocenters. The number of ketones is 1. The molecule has 7 nitrogen and oxygen atoms in total. The molecule has 4 rings (SSSR count). The number of ether oxygens (including phenoxy) is 3. The molecule has 31 heavy (non-hydrogen) atoms. The molecule has 1 heterocycles. The van der Waals surface area contributed by atoms with Crippen molar-refractivity contribution in [3.8, 4) is 11.5 Å². The Bertz CT molecular complexity index is 1140. The Labute approximate surface area is 178 Å². The summed E-state index contributed by atoms with van der Waals surface area (Å²) < 4.78 is 15.7. The first-order valence-corrected chi connectivity index (χ1v) is 9.56. The molecule has 0 aromatic heterocycles. The topological polar surface area (TPSA) is 82.1 Å². The highest BCUT2D eigenvalue weighted by Gasteiger charge is 2.23. The first kappa shape index (κ1) is 20.2. The lowest BCUT2D eigenvalue weighted by atomic mass is 10.1. The maximum Gasteiger partial charge on any atom is 0.339 e. The summed E-state index contributed by atoms with van der Waals surface area (Å²) >= 11 is 0. The first-order chi connectivity index (χ1) is 15.0. The van der Waals surface area contributed by atoms with Gasteiger partial charge in [0.2, 0.25) is 6.79 Å². The minimum atomic E-state index is -0.750. The fourth-order valence-corrected chi connectivity index (χ4v) is 3.16. The zero-order valence-corrected chi connectivity index (χ0v) is 16.7. The SMILES string of the molecule is CN(C(=O)c1ccccc1C(=O)OCC(=O)c1ccc2c(c1)OCO2)c1ccccc1. The van der Waals surface area contributed by atoms with Crippen molar-refractivity contribution in [2.24, 2.45) is 0 Å². The number of fused-ring (bicyclic) bond motifs is 1. The summed E-state index contributed by atoms with van der Waals surface area (Å²) in [6.07, 6.45) is 0. The summed E-state index contributed by atoms with van der Waals surface area (Å²) in [5, 5.41) is 0. The molecule has 0 spiro atoms. The summed E-state index contributed by atoms with van der Waals surface area (Å²) in [4.78, 5) is 39.5. The molecule has 0 radical (unpaired) electrons. The lowest BCUT2D eigenvalue weighted by Crippen LogP contribution is -2.28. The van der Waals surface area contributed by atoms with Gasteiger partial charge in [0.25, 0.3) is 5.91 Å². The van der Waals surface area contributed by atoms with Gasteiger partial charge < -0.3 is 19.1 Å². The van der Waals surface area contributed by atoms with Gasteiger partial charge in [0, 0.05) is 18.3 Å². The molecule has 1 aliphatic heterocycles. The Kier molecular flexibility index (Phi) is 5.66. The van der Waals surface area contributed by atoms with Crippen molar-refractivity contribution in [1.82, 2.24) is 0 Å². The minimum absolute atomic E-state index is 0.0915. The molecule has 0 unspecified atom stereocenters. The Morgan fingerprint density at radius 2 is 1.55 bits per heavy atom. The average Bonchev–Trinajstić information content (AvgIpc) is 3.30. The zero-order valence-electron chi connectivity index (χ0n) is 16.7. The standard InChI is InChI=1S/C24H19NO6/c1-25(17-7-3-2-4-8-17)23(27)18-9-5-6-10-19(18)24(28)29-14-20(26)16-11-12-21-22(13-16)31-15-30-21/h2-13H,14-15H2,1H3. The molecule has 1 aliphatic rings. The van der Waals surface area contributed by atoms with Crippen LogP contribution in [0.3, 0.4) is 0 Å². The maximum absolute atomic E-state index is 13.0. The number of carbonyl (C=O) groups is 3. The van der Waals surface area contributed by atoms with Crippen LogP contribution in [-0.2, 0) is 4.74 Å². The number of carbonyl (C=O) groups excluding carboxylic acids is 3. The monoisotopic (exact) mass is 417 g/mol. The van der Waals surface area contributed by atoms with Crippen LogP contribution in [0.5, 0.6) is 11.5 Å². The molecule has 1 amide bonds. The molecule has 156 valence electrons. The van der Waals surface area contributed by atoms with Crippen LogP contribution >= 0.6 is 0 Å². The van der Waals surface area contributed by atoms with Crippen LogP contribution in [0.25, 0.3) is 0 Å². The number of anilines is 1. The van der Waals surface area contributed by atoms with Crippen molar-refractivity contribution in [2.75, 3.05) is 25.3 Å². The predicted molar refractivity (Wildman–Crippen MR) is 113 cm³/mol. The molecular weight excluding hydrogens is 398 g/mol. The van der Waals surface area contributed by atoms with Crippen LogP contribution in [0.2, 0.25) is 0 Å². The van der Waals surface area contributed by atoms with E-state index in [2.05, 4.69) is 0 Å². The summed E-state index contributed by atoms with van der Waals surface area (Å²) in [5.74, 6) is -0.474. The van der Waals surface area contributed by atoms with Gasteiger partial charge in [0.1, 0.15) is 0 Å². The van der Waals surface area contributed by atoms with Gasteiger partial charge in [-0.1, -0.05) is 30.3 Å². The van der Waals surface area contributed by atoms with E-state index in [0.717, 1.165) is 0 Å². The van der Waals surface area contributed by atoms with Crippen LogP contribution in [0.4, 0.5) is 5.69 Å². The number of esters is 1. The minimum Gasteiger partial charge on any atom is -0.454 e. The number of benzene rings is 3. The molecule has 3 aromatic rings. The van der Waals surface area contributed by atoms with E-state index in [1.807, 2.05) is 18.2 Å². The number of amides is 1. The highest BCUT2D eigenvalue weighted by molar-refractivity contribution is 6.12. The largest absolute Gasteiger partial charge is 0.454 e. The van der Waals surface area contributed by atoms with Crippen molar-refractivity contribution in [3.05, 3.63) is 89.5 Å². The Morgan fingerprint density at radius 1 is 0.871 bits per heavy atom. The first-order valence-electron chi connectivity index (χ1n) is 9.56. The average molecular weight is 417 g/mol. The number of hydrogen-bond donors (Lipinski definition) is 0. The lowest BCUT2D eigenvalue weighted by molar-refractivity contribution is 0.0472. The second-order valence-corrected chi connectivity index (χ2v) is 6.81. The fraction of sp³-hybridized carbons (Fsp3) is 0.125.